The second-order valence-corrected chi connectivity index (χ2v) is 2.77. The summed E-state index contributed by atoms with van der Waals surface area (Å²) in [6, 6.07) is 0.365. The number of benzene rings is 1. The number of hydrogen-bond donors (Lipinski definition) is 1. The van der Waals surface area contributed by atoms with E-state index in [2.05, 4.69) is 0 Å². The zero-order valence-electron chi connectivity index (χ0n) is 7.47. The number of halogens is 3. The largest absolute Gasteiger partial charge is 0.477 e. The van der Waals surface area contributed by atoms with Crippen molar-refractivity contribution in [3.05, 3.63) is 34.6 Å². The minimum Gasteiger partial charge on any atom is -0.477 e. The van der Waals surface area contributed by atoms with Gasteiger partial charge in [0.1, 0.15) is 11.4 Å². The average molecular weight is 218 g/mol. The van der Waals surface area contributed by atoms with Gasteiger partial charge >= 0.3 is 5.97 Å². The molecule has 0 aliphatic carbocycles. The Balaban J connectivity index is 3.58. The highest BCUT2D eigenvalue weighted by atomic mass is 19.2. The topological polar surface area (TPSA) is 54.4 Å². The average Bonchev–Trinajstić information content (AvgIpc) is 2.10. The number of ketones is 1. The number of carboxylic acid groups (broad SMARTS) is 1. The van der Waals surface area contributed by atoms with Crippen molar-refractivity contribution in [2.24, 2.45) is 0 Å². The molecule has 0 aliphatic heterocycles. The standard InChI is InChI=1S/C9H5F3O3/c1-3(13)4-2-5(10)6(9(14)15)8(12)7(4)11/h2H,1H3,(H,14,15). The normalized spacial score (nSPS) is 10.1. The lowest BCUT2D eigenvalue weighted by atomic mass is 10.1. The van der Waals surface area contributed by atoms with Gasteiger partial charge in [-0.05, 0) is 13.0 Å². The summed E-state index contributed by atoms with van der Waals surface area (Å²) in [7, 11) is 0. The highest BCUT2D eigenvalue weighted by Crippen LogP contribution is 2.20. The predicted molar refractivity (Wildman–Crippen MR) is 43.3 cm³/mol. The Kier molecular flexibility index (Phi) is 2.78. The van der Waals surface area contributed by atoms with Gasteiger partial charge < -0.3 is 5.11 Å². The molecule has 0 atom stereocenters. The van der Waals surface area contributed by atoms with Crippen molar-refractivity contribution < 1.29 is 27.9 Å². The van der Waals surface area contributed by atoms with Gasteiger partial charge in [-0.3, -0.25) is 4.79 Å². The first-order valence-corrected chi connectivity index (χ1v) is 3.78. The van der Waals surface area contributed by atoms with Crippen molar-refractivity contribution in [1.29, 1.82) is 0 Å². The lowest BCUT2D eigenvalue weighted by Crippen LogP contribution is -2.11. The summed E-state index contributed by atoms with van der Waals surface area (Å²) < 4.78 is 39.0. The zero-order valence-corrected chi connectivity index (χ0v) is 7.47. The molecule has 0 fully saturated rings. The Morgan fingerprint density at radius 2 is 1.73 bits per heavy atom. The van der Waals surface area contributed by atoms with Gasteiger partial charge in [-0.1, -0.05) is 0 Å². The first-order valence-electron chi connectivity index (χ1n) is 3.78. The Hall–Kier alpha value is -1.85. The Morgan fingerprint density at radius 3 is 2.13 bits per heavy atom. The molecule has 15 heavy (non-hydrogen) atoms. The number of carboxylic acids is 1. The summed E-state index contributed by atoms with van der Waals surface area (Å²) in [4.78, 5) is 21.1. The SMILES string of the molecule is CC(=O)c1cc(F)c(C(=O)O)c(F)c1F. The Bertz CT molecular complexity index is 454. The molecule has 0 saturated heterocycles. The van der Waals surface area contributed by atoms with E-state index in [1.165, 1.54) is 0 Å². The van der Waals surface area contributed by atoms with E-state index in [4.69, 9.17) is 5.11 Å². The highest BCUT2D eigenvalue weighted by Gasteiger charge is 2.24. The van der Waals surface area contributed by atoms with E-state index in [-0.39, 0.29) is 0 Å². The molecule has 0 unspecified atom stereocenters. The van der Waals surface area contributed by atoms with Crippen LogP contribution in [0.25, 0.3) is 0 Å². The summed E-state index contributed by atoms with van der Waals surface area (Å²) in [6.07, 6.45) is 0. The minimum absolute atomic E-state index is 0.365. The monoisotopic (exact) mass is 218 g/mol. The third kappa shape index (κ3) is 1.83. The van der Waals surface area contributed by atoms with Gasteiger partial charge in [0, 0.05) is 0 Å². The van der Waals surface area contributed by atoms with Crippen molar-refractivity contribution in [3.63, 3.8) is 0 Å². The lowest BCUT2D eigenvalue weighted by molar-refractivity contribution is 0.0684. The lowest BCUT2D eigenvalue weighted by Gasteiger charge is -2.04. The predicted octanol–water partition coefficient (Wildman–Crippen LogP) is 2.00. The fourth-order valence-corrected chi connectivity index (χ4v) is 1.05. The second-order valence-electron chi connectivity index (χ2n) is 2.77. The molecular formula is C9H5F3O3. The van der Waals surface area contributed by atoms with E-state index in [9.17, 15) is 22.8 Å². The molecule has 1 aromatic rings. The minimum atomic E-state index is -1.93. The summed E-state index contributed by atoms with van der Waals surface area (Å²) in [5.41, 5.74) is -2.22. The quantitative estimate of drug-likeness (QED) is 0.610. The molecule has 1 aromatic carbocycles. The third-order valence-corrected chi connectivity index (χ3v) is 1.75. The van der Waals surface area contributed by atoms with Crippen LogP contribution < -0.4 is 0 Å². The molecular weight excluding hydrogens is 213 g/mol. The molecule has 1 rings (SSSR count). The molecule has 0 aliphatic rings. The number of hydrogen-bond acceptors (Lipinski definition) is 2. The summed E-state index contributed by atoms with van der Waals surface area (Å²) >= 11 is 0. The molecule has 0 saturated carbocycles. The smallest absolute Gasteiger partial charge is 0.341 e. The van der Waals surface area contributed by atoms with E-state index in [1.807, 2.05) is 0 Å². The molecule has 80 valence electrons. The second kappa shape index (κ2) is 3.72. The number of carbonyl (C=O) groups is 2. The maximum Gasteiger partial charge on any atom is 0.341 e. The van der Waals surface area contributed by atoms with Gasteiger partial charge in [-0.2, -0.15) is 0 Å². The van der Waals surface area contributed by atoms with Crippen LogP contribution in [0.5, 0.6) is 0 Å². The van der Waals surface area contributed by atoms with E-state index in [0.29, 0.717) is 6.07 Å². The van der Waals surface area contributed by atoms with Crippen LogP contribution in [0.2, 0.25) is 0 Å². The van der Waals surface area contributed by atoms with Crippen LogP contribution in [0, 0.1) is 17.5 Å². The molecule has 0 amide bonds. The van der Waals surface area contributed by atoms with Gasteiger partial charge in [0.25, 0.3) is 0 Å². The molecule has 0 heterocycles. The first-order chi connectivity index (χ1) is 6.86. The van der Waals surface area contributed by atoms with Crippen LogP contribution in [-0.4, -0.2) is 16.9 Å². The summed E-state index contributed by atoms with van der Waals surface area (Å²) in [5, 5.41) is 8.37. The fourth-order valence-electron chi connectivity index (χ4n) is 1.05. The van der Waals surface area contributed by atoms with Crippen LogP contribution in [-0.2, 0) is 0 Å². The fraction of sp³-hybridized carbons (Fsp3) is 0.111. The van der Waals surface area contributed by atoms with Crippen LogP contribution in [0.3, 0.4) is 0 Å². The number of Topliss-reactive ketones (excluding diaryl/α,β-unsaturated/α-hetero) is 1. The maximum absolute atomic E-state index is 13.0. The van der Waals surface area contributed by atoms with Gasteiger partial charge in [0.15, 0.2) is 17.4 Å². The van der Waals surface area contributed by atoms with Gasteiger partial charge in [0.2, 0.25) is 0 Å². The number of carbonyl (C=O) groups excluding carboxylic acids is 1. The van der Waals surface area contributed by atoms with Crippen LogP contribution in [0.4, 0.5) is 13.2 Å². The molecule has 3 nitrogen and oxygen atoms in total. The molecule has 0 spiro atoms. The zero-order chi connectivity index (χ0) is 11.7. The maximum atomic E-state index is 13.0. The molecule has 0 bridgehead atoms. The van der Waals surface area contributed by atoms with Crippen molar-refractivity contribution in [2.75, 3.05) is 0 Å². The molecule has 1 N–H and O–H groups in total. The molecule has 6 heteroatoms. The van der Waals surface area contributed by atoms with Crippen molar-refractivity contribution in [2.45, 2.75) is 6.92 Å². The Morgan fingerprint density at radius 1 is 1.20 bits per heavy atom. The van der Waals surface area contributed by atoms with E-state index < -0.39 is 40.3 Å². The van der Waals surface area contributed by atoms with Crippen molar-refractivity contribution >= 4 is 11.8 Å². The highest BCUT2D eigenvalue weighted by molar-refractivity contribution is 5.96. The van der Waals surface area contributed by atoms with Gasteiger partial charge in [-0.25, -0.2) is 18.0 Å². The van der Waals surface area contributed by atoms with Crippen molar-refractivity contribution in [1.82, 2.24) is 0 Å². The van der Waals surface area contributed by atoms with Crippen LogP contribution >= 0.6 is 0 Å². The summed E-state index contributed by atoms with van der Waals surface area (Å²) in [5.74, 6) is -7.82. The van der Waals surface area contributed by atoms with Crippen LogP contribution in [0.15, 0.2) is 6.07 Å². The first kappa shape index (κ1) is 11.2. The van der Waals surface area contributed by atoms with E-state index >= 15 is 0 Å². The van der Waals surface area contributed by atoms with E-state index in [0.717, 1.165) is 6.92 Å². The van der Waals surface area contributed by atoms with Gasteiger partial charge in [-0.15, -0.1) is 0 Å². The van der Waals surface area contributed by atoms with Crippen LogP contribution in [0.1, 0.15) is 27.6 Å². The van der Waals surface area contributed by atoms with Crippen molar-refractivity contribution in [3.8, 4) is 0 Å². The molecule has 0 radical (unpaired) electrons. The third-order valence-electron chi connectivity index (χ3n) is 1.75. The Labute approximate surface area is 82.1 Å². The van der Waals surface area contributed by atoms with Gasteiger partial charge in [0.05, 0.1) is 5.56 Å². The summed E-state index contributed by atoms with van der Waals surface area (Å²) in [6.45, 7) is 0.914. The number of aromatic carboxylic acids is 1. The van der Waals surface area contributed by atoms with E-state index in [1.54, 1.807) is 0 Å². The number of rotatable bonds is 2. The molecule has 0 aromatic heterocycles.